The van der Waals surface area contributed by atoms with Crippen LogP contribution >= 0.6 is 0 Å². The van der Waals surface area contributed by atoms with Crippen molar-refractivity contribution in [1.82, 2.24) is 5.32 Å². The number of fused-ring (bicyclic) bond motifs is 1. The number of carbonyl (C=O) groups is 1. The van der Waals surface area contributed by atoms with E-state index in [2.05, 4.69) is 16.2 Å². The molecule has 0 bridgehead atoms. The van der Waals surface area contributed by atoms with Gasteiger partial charge in [-0.05, 0) is 41.5 Å². The minimum atomic E-state index is -0.374. The van der Waals surface area contributed by atoms with Gasteiger partial charge in [0.2, 0.25) is 0 Å². The molecule has 0 saturated carbocycles. The number of aliphatic hydroxyl groups is 1. The molecule has 4 nitrogen and oxygen atoms in total. The monoisotopic (exact) mass is 382 g/mol. The van der Waals surface area contributed by atoms with Crippen LogP contribution in [0, 0.1) is 12.3 Å². The molecule has 0 spiro atoms. The number of nitrogens with one attached hydrogen (secondary N) is 1. The minimum absolute atomic E-state index is 0.107. The fourth-order valence-corrected chi connectivity index (χ4v) is 2.92. The molecule has 3 aromatic carbocycles. The van der Waals surface area contributed by atoms with Gasteiger partial charge in [-0.25, -0.2) is 0 Å². The second-order valence-corrected chi connectivity index (χ2v) is 6.49. The molecule has 3 aromatic rings. The van der Waals surface area contributed by atoms with E-state index in [1.54, 1.807) is 30.3 Å². The molecule has 0 fully saturated rings. The van der Waals surface area contributed by atoms with Crippen molar-refractivity contribution in [2.75, 3.05) is 6.54 Å². The Balaban J connectivity index is 2.06. The predicted molar refractivity (Wildman–Crippen MR) is 119 cm³/mol. The van der Waals surface area contributed by atoms with Crippen molar-refractivity contribution in [2.45, 2.75) is 13.3 Å². The lowest BCUT2D eigenvalue weighted by atomic mass is 10.0. The third kappa shape index (κ3) is 4.72. The average Bonchev–Trinajstić information content (AvgIpc) is 2.77. The smallest absolute Gasteiger partial charge is 0.256 e. The zero-order valence-electron chi connectivity index (χ0n) is 16.2. The highest BCUT2D eigenvalue weighted by atomic mass is 16.3. The molecule has 0 saturated heterocycles. The molecule has 2 N–H and O–H groups in total. The Hall–Kier alpha value is -3.84. The minimum Gasteiger partial charge on any atom is -0.506 e. The van der Waals surface area contributed by atoms with E-state index in [0.29, 0.717) is 17.8 Å². The largest absolute Gasteiger partial charge is 0.506 e. The Morgan fingerprint density at radius 3 is 2.55 bits per heavy atom. The van der Waals surface area contributed by atoms with Gasteiger partial charge in [-0.2, -0.15) is 0 Å². The second kappa shape index (κ2) is 9.38. The van der Waals surface area contributed by atoms with Crippen molar-refractivity contribution in [3.8, 4) is 12.3 Å². The van der Waals surface area contributed by atoms with Crippen LogP contribution in [0.3, 0.4) is 0 Å². The summed E-state index contributed by atoms with van der Waals surface area (Å²) in [4.78, 5) is 17.1. The Bertz CT molecular complexity index is 1110. The summed E-state index contributed by atoms with van der Waals surface area (Å²) in [5.41, 5.74) is 2.07. The highest BCUT2D eigenvalue weighted by molar-refractivity contribution is 6.18. The van der Waals surface area contributed by atoms with Crippen LogP contribution in [0.4, 0.5) is 5.69 Å². The number of carbonyl (C=O) groups excluding carboxylic acids is 1. The van der Waals surface area contributed by atoms with Crippen molar-refractivity contribution in [3.63, 3.8) is 0 Å². The fraction of sp³-hybridized carbons (Fsp3) is 0.120. The normalized spacial score (nSPS) is 11.9. The number of rotatable bonds is 6. The van der Waals surface area contributed by atoms with Gasteiger partial charge in [-0.15, -0.1) is 6.42 Å². The Morgan fingerprint density at radius 1 is 1.10 bits per heavy atom. The molecule has 0 unspecified atom stereocenters. The molecular weight excluding hydrogens is 360 g/mol. The van der Waals surface area contributed by atoms with Gasteiger partial charge in [0.1, 0.15) is 5.76 Å². The van der Waals surface area contributed by atoms with Crippen LogP contribution in [0.5, 0.6) is 0 Å². The Labute approximate surface area is 170 Å². The SMILES string of the molecule is C#Cc1ccc(N=CC(C(=O)NCCC)=C(O)c2cccc3ccccc23)cc1. The maximum atomic E-state index is 12.7. The van der Waals surface area contributed by atoms with Gasteiger partial charge in [0.15, 0.2) is 0 Å². The first kappa shape index (κ1) is 19.9. The quantitative estimate of drug-likeness (QED) is 0.272. The van der Waals surface area contributed by atoms with Crippen molar-refractivity contribution >= 4 is 34.3 Å². The number of benzene rings is 3. The number of hydrogen-bond acceptors (Lipinski definition) is 3. The van der Waals surface area contributed by atoms with E-state index in [9.17, 15) is 9.90 Å². The number of terminal acetylenes is 1. The summed E-state index contributed by atoms with van der Waals surface area (Å²) in [6, 6.07) is 20.4. The summed E-state index contributed by atoms with van der Waals surface area (Å²) < 4.78 is 0. The summed E-state index contributed by atoms with van der Waals surface area (Å²) in [5.74, 6) is 2.07. The first-order valence-corrected chi connectivity index (χ1v) is 9.44. The van der Waals surface area contributed by atoms with Crippen molar-refractivity contribution in [1.29, 1.82) is 0 Å². The van der Waals surface area contributed by atoms with E-state index < -0.39 is 0 Å². The van der Waals surface area contributed by atoms with Crippen LogP contribution < -0.4 is 5.32 Å². The zero-order valence-corrected chi connectivity index (χ0v) is 16.2. The average molecular weight is 382 g/mol. The van der Waals surface area contributed by atoms with Crippen LogP contribution in [0.15, 0.2) is 77.3 Å². The number of hydrogen-bond donors (Lipinski definition) is 2. The van der Waals surface area contributed by atoms with E-state index in [4.69, 9.17) is 6.42 Å². The lowest BCUT2D eigenvalue weighted by Crippen LogP contribution is -2.27. The molecule has 29 heavy (non-hydrogen) atoms. The molecule has 3 rings (SSSR count). The lowest BCUT2D eigenvalue weighted by Gasteiger charge is -2.10. The van der Waals surface area contributed by atoms with E-state index in [-0.39, 0.29) is 17.2 Å². The Kier molecular flexibility index (Phi) is 6.44. The molecule has 0 atom stereocenters. The maximum Gasteiger partial charge on any atom is 0.256 e. The predicted octanol–water partition coefficient (Wildman–Crippen LogP) is 5.02. The van der Waals surface area contributed by atoms with Crippen LogP contribution in [0.25, 0.3) is 16.5 Å². The van der Waals surface area contributed by atoms with Crippen molar-refractivity contribution in [3.05, 3.63) is 83.4 Å². The summed E-state index contributed by atoms with van der Waals surface area (Å²) in [7, 11) is 0. The van der Waals surface area contributed by atoms with E-state index >= 15 is 0 Å². The van der Waals surface area contributed by atoms with Gasteiger partial charge < -0.3 is 10.4 Å². The second-order valence-electron chi connectivity index (χ2n) is 6.49. The summed E-state index contributed by atoms with van der Waals surface area (Å²) in [5, 5.41) is 15.7. The van der Waals surface area contributed by atoms with E-state index in [1.165, 1.54) is 6.21 Å². The number of aliphatic hydroxyl groups excluding tert-OH is 1. The number of aliphatic imine (C=N–C) groups is 1. The molecule has 4 heteroatoms. The van der Waals surface area contributed by atoms with Gasteiger partial charge in [0.25, 0.3) is 5.91 Å². The molecular formula is C25H22N2O2. The van der Waals surface area contributed by atoms with Crippen LogP contribution in [-0.4, -0.2) is 23.8 Å². The van der Waals surface area contributed by atoms with Gasteiger partial charge in [-0.3, -0.25) is 9.79 Å². The van der Waals surface area contributed by atoms with Gasteiger partial charge >= 0.3 is 0 Å². The first-order chi connectivity index (χ1) is 14.1. The topological polar surface area (TPSA) is 61.7 Å². The van der Waals surface area contributed by atoms with Crippen LogP contribution in [-0.2, 0) is 4.79 Å². The molecule has 1 amide bonds. The third-order valence-electron chi connectivity index (χ3n) is 4.46. The number of nitrogens with zero attached hydrogens (tertiary/aromatic N) is 1. The fourth-order valence-electron chi connectivity index (χ4n) is 2.92. The van der Waals surface area contributed by atoms with Crippen LogP contribution in [0.2, 0.25) is 0 Å². The summed E-state index contributed by atoms with van der Waals surface area (Å²) in [6.07, 6.45) is 7.56. The molecule has 0 radical (unpaired) electrons. The van der Waals surface area contributed by atoms with Gasteiger partial charge in [0, 0.05) is 23.9 Å². The van der Waals surface area contributed by atoms with Gasteiger partial charge in [0.05, 0.1) is 11.3 Å². The van der Waals surface area contributed by atoms with E-state index in [0.717, 1.165) is 22.8 Å². The van der Waals surface area contributed by atoms with E-state index in [1.807, 2.05) is 43.3 Å². The molecule has 0 aliphatic carbocycles. The zero-order chi connectivity index (χ0) is 20.6. The highest BCUT2D eigenvalue weighted by Crippen LogP contribution is 2.26. The Morgan fingerprint density at radius 2 is 1.83 bits per heavy atom. The highest BCUT2D eigenvalue weighted by Gasteiger charge is 2.16. The van der Waals surface area contributed by atoms with Crippen molar-refractivity contribution in [2.24, 2.45) is 4.99 Å². The van der Waals surface area contributed by atoms with Crippen LogP contribution in [0.1, 0.15) is 24.5 Å². The van der Waals surface area contributed by atoms with Gasteiger partial charge in [-0.1, -0.05) is 55.3 Å². The van der Waals surface area contributed by atoms with Crippen molar-refractivity contribution < 1.29 is 9.90 Å². The molecule has 0 aliphatic rings. The molecule has 144 valence electrons. The summed E-state index contributed by atoms with van der Waals surface area (Å²) in [6.45, 7) is 2.48. The molecule has 0 aliphatic heterocycles. The lowest BCUT2D eigenvalue weighted by molar-refractivity contribution is -0.116. The standard InChI is InChI=1S/C25H22N2O2/c1-3-16-26-25(29)23(17-27-20-14-12-18(4-2)13-15-20)24(28)22-11-7-9-19-8-5-6-10-21(19)22/h2,5-15,17,28H,3,16H2,1H3,(H,26,29). The third-order valence-corrected chi connectivity index (χ3v) is 4.46. The summed E-state index contributed by atoms with van der Waals surface area (Å²) >= 11 is 0. The first-order valence-electron chi connectivity index (χ1n) is 9.44. The maximum absolute atomic E-state index is 12.7. The molecule has 0 heterocycles. The number of amides is 1. The molecule has 0 aromatic heterocycles.